The zero-order valence-electron chi connectivity index (χ0n) is 9.58. The van der Waals surface area contributed by atoms with Gasteiger partial charge in [-0.15, -0.1) is 0 Å². The van der Waals surface area contributed by atoms with E-state index in [2.05, 4.69) is 21.2 Å². The number of nitrogens with one attached hydrogen (secondary N) is 1. The molecule has 1 aromatic carbocycles. The van der Waals surface area contributed by atoms with E-state index in [1.165, 1.54) is 0 Å². The van der Waals surface area contributed by atoms with Gasteiger partial charge in [0, 0.05) is 10.0 Å². The number of amides is 1. The van der Waals surface area contributed by atoms with E-state index in [9.17, 15) is 9.90 Å². The molecule has 1 saturated carbocycles. The van der Waals surface area contributed by atoms with Gasteiger partial charge >= 0.3 is 0 Å². The molecule has 17 heavy (non-hydrogen) atoms. The summed E-state index contributed by atoms with van der Waals surface area (Å²) in [6.45, 7) is 0.0231. The van der Waals surface area contributed by atoms with Crippen LogP contribution in [0.5, 0.6) is 0 Å². The Morgan fingerprint density at radius 1 is 1.29 bits per heavy atom. The van der Waals surface area contributed by atoms with Crippen LogP contribution in [0, 0.1) is 0 Å². The minimum Gasteiger partial charge on any atom is -0.394 e. The molecule has 0 atom stereocenters. The molecule has 4 heteroatoms. The number of carbonyl (C=O) groups excluding carboxylic acids is 1. The highest BCUT2D eigenvalue weighted by atomic mass is 79.9. The predicted molar refractivity (Wildman–Crippen MR) is 69.9 cm³/mol. The van der Waals surface area contributed by atoms with Crippen LogP contribution in [-0.4, -0.2) is 23.2 Å². The summed E-state index contributed by atoms with van der Waals surface area (Å²) in [5.74, 6) is -0.103. The predicted octanol–water partition coefficient (Wildman–Crippen LogP) is 2.48. The Hall–Kier alpha value is -0.870. The van der Waals surface area contributed by atoms with Crippen molar-refractivity contribution in [1.82, 2.24) is 5.32 Å². The van der Waals surface area contributed by atoms with Crippen molar-refractivity contribution >= 4 is 21.8 Å². The highest BCUT2D eigenvalue weighted by molar-refractivity contribution is 9.10. The maximum Gasteiger partial charge on any atom is 0.251 e. The van der Waals surface area contributed by atoms with Crippen LogP contribution in [0.3, 0.4) is 0 Å². The molecular formula is C13H16BrNO2. The van der Waals surface area contributed by atoms with Crippen molar-refractivity contribution in [3.05, 3.63) is 34.3 Å². The molecule has 0 heterocycles. The van der Waals surface area contributed by atoms with Crippen LogP contribution in [0.25, 0.3) is 0 Å². The SMILES string of the molecule is O=C(NC1(CO)CCCC1)c1ccc(Br)cc1. The first-order chi connectivity index (χ1) is 8.15. The van der Waals surface area contributed by atoms with Crippen LogP contribution < -0.4 is 5.32 Å². The molecule has 1 aliphatic rings. The van der Waals surface area contributed by atoms with Crippen molar-refractivity contribution in [2.24, 2.45) is 0 Å². The molecule has 0 bridgehead atoms. The second-order valence-corrected chi connectivity index (χ2v) is 5.52. The Morgan fingerprint density at radius 3 is 2.41 bits per heavy atom. The fourth-order valence-electron chi connectivity index (χ4n) is 2.29. The molecule has 92 valence electrons. The summed E-state index contributed by atoms with van der Waals surface area (Å²) in [6, 6.07) is 7.24. The number of aliphatic hydroxyl groups excluding tert-OH is 1. The van der Waals surface area contributed by atoms with E-state index in [0.717, 1.165) is 30.2 Å². The first-order valence-electron chi connectivity index (χ1n) is 5.84. The maximum absolute atomic E-state index is 12.0. The molecule has 0 spiro atoms. The molecule has 0 saturated heterocycles. The molecular weight excluding hydrogens is 282 g/mol. The number of benzene rings is 1. The van der Waals surface area contributed by atoms with Gasteiger partial charge in [0.05, 0.1) is 12.1 Å². The summed E-state index contributed by atoms with van der Waals surface area (Å²) in [5.41, 5.74) is 0.234. The second kappa shape index (κ2) is 5.19. The summed E-state index contributed by atoms with van der Waals surface area (Å²) in [5, 5.41) is 12.4. The largest absolute Gasteiger partial charge is 0.394 e. The Morgan fingerprint density at radius 2 is 1.88 bits per heavy atom. The van der Waals surface area contributed by atoms with E-state index in [1.807, 2.05) is 12.1 Å². The molecule has 1 amide bonds. The summed E-state index contributed by atoms with van der Waals surface area (Å²) in [7, 11) is 0. The van der Waals surface area contributed by atoms with Gasteiger partial charge in [-0.25, -0.2) is 0 Å². The Balaban J connectivity index is 2.08. The van der Waals surface area contributed by atoms with Gasteiger partial charge in [0.2, 0.25) is 0 Å². The molecule has 2 rings (SSSR count). The van der Waals surface area contributed by atoms with Gasteiger partial charge in [-0.2, -0.15) is 0 Å². The number of hydrogen-bond acceptors (Lipinski definition) is 2. The van der Waals surface area contributed by atoms with E-state index in [1.54, 1.807) is 12.1 Å². The third-order valence-corrected chi connectivity index (χ3v) is 3.88. The number of carbonyl (C=O) groups is 1. The van der Waals surface area contributed by atoms with Gasteiger partial charge < -0.3 is 10.4 Å². The third-order valence-electron chi connectivity index (χ3n) is 3.35. The highest BCUT2D eigenvalue weighted by Gasteiger charge is 2.34. The van der Waals surface area contributed by atoms with E-state index in [-0.39, 0.29) is 12.5 Å². The lowest BCUT2D eigenvalue weighted by Crippen LogP contribution is -2.49. The standard InChI is InChI=1S/C13H16BrNO2/c14-11-5-3-10(4-6-11)12(17)15-13(9-16)7-1-2-8-13/h3-6,16H,1-2,7-9H2,(H,15,17). The van der Waals surface area contributed by atoms with Crippen LogP contribution in [0.1, 0.15) is 36.0 Å². The molecule has 2 N–H and O–H groups in total. The number of hydrogen-bond donors (Lipinski definition) is 2. The summed E-state index contributed by atoms with van der Waals surface area (Å²) in [4.78, 5) is 12.0. The molecule has 1 aromatic rings. The quantitative estimate of drug-likeness (QED) is 0.900. The van der Waals surface area contributed by atoms with Gasteiger partial charge in [-0.3, -0.25) is 4.79 Å². The molecule has 0 aromatic heterocycles. The Labute approximate surface area is 109 Å². The zero-order chi connectivity index (χ0) is 12.3. The summed E-state index contributed by atoms with van der Waals surface area (Å²) in [6.07, 6.45) is 3.87. The van der Waals surface area contributed by atoms with Gasteiger partial charge in [0.25, 0.3) is 5.91 Å². The lowest BCUT2D eigenvalue weighted by atomic mass is 9.98. The van der Waals surface area contributed by atoms with E-state index in [4.69, 9.17) is 0 Å². The van der Waals surface area contributed by atoms with Crippen LogP contribution >= 0.6 is 15.9 Å². The molecule has 0 aliphatic heterocycles. The van der Waals surface area contributed by atoms with Crippen molar-refractivity contribution in [1.29, 1.82) is 0 Å². The number of aliphatic hydroxyl groups is 1. The maximum atomic E-state index is 12.0. The number of rotatable bonds is 3. The van der Waals surface area contributed by atoms with E-state index >= 15 is 0 Å². The lowest BCUT2D eigenvalue weighted by Gasteiger charge is -2.27. The number of halogens is 1. The first-order valence-corrected chi connectivity index (χ1v) is 6.63. The van der Waals surface area contributed by atoms with Crippen LogP contribution in [0.2, 0.25) is 0 Å². The van der Waals surface area contributed by atoms with Gasteiger partial charge in [0.15, 0.2) is 0 Å². The van der Waals surface area contributed by atoms with Crippen LogP contribution in [0.15, 0.2) is 28.7 Å². The molecule has 0 unspecified atom stereocenters. The van der Waals surface area contributed by atoms with Crippen LogP contribution in [-0.2, 0) is 0 Å². The monoisotopic (exact) mass is 297 g/mol. The van der Waals surface area contributed by atoms with Crippen molar-refractivity contribution < 1.29 is 9.90 Å². The Kier molecular flexibility index (Phi) is 3.84. The Bertz CT molecular complexity index is 396. The molecule has 3 nitrogen and oxygen atoms in total. The summed E-state index contributed by atoms with van der Waals surface area (Å²) < 4.78 is 0.951. The third kappa shape index (κ3) is 2.87. The zero-order valence-corrected chi connectivity index (χ0v) is 11.2. The van der Waals surface area contributed by atoms with E-state index in [0.29, 0.717) is 5.56 Å². The van der Waals surface area contributed by atoms with Crippen molar-refractivity contribution in [2.75, 3.05) is 6.61 Å². The fourth-order valence-corrected chi connectivity index (χ4v) is 2.55. The summed E-state index contributed by atoms with van der Waals surface area (Å²) >= 11 is 3.34. The highest BCUT2D eigenvalue weighted by Crippen LogP contribution is 2.29. The normalized spacial score (nSPS) is 18.0. The molecule has 0 radical (unpaired) electrons. The first kappa shape index (κ1) is 12.6. The molecule has 1 aliphatic carbocycles. The fraction of sp³-hybridized carbons (Fsp3) is 0.462. The van der Waals surface area contributed by atoms with Gasteiger partial charge in [0.1, 0.15) is 0 Å². The second-order valence-electron chi connectivity index (χ2n) is 4.61. The van der Waals surface area contributed by atoms with Crippen LogP contribution in [0.4, 0.5) is 0 Å². The van der Waals surface area contributed by atoms with Crippen molar-refractivity contribution in [2.45, 2.75) is 31.2 Å². The van der Waals surface area contributed by atoms with Gasteiger partial charge in [-0.05, 0) is 37.1 Å². The van der Waals surface area contributed by atoms with Gasteiger partial charge in [-0.1, -0.05) is 28.8 Å². The smallest absolute Gasteiger partial charge is 0.251 e. The minimum absolute atomic E-state index is 0.0231. The lowest BCUT2D eigenvalue weighted by molar-refractivity contribution is 0.0838. The topological polar surface area (TPSA) is 49.3 Å². The van der Waals surface area contributed by atoms with Crippen molar-refractivity contribution in [3.63, 3.8) is 0 Å². The average Bonchev–Trinajstić information content (AvgIpc) is 2.79. The minimum atomic E-state index is -0.399. The van der Waals surface area contributed by atoms with Crippen molar-refractivity contribution in [3.8, 4) is 0 Å². The van der Waals surface area contributed by atoms with E-state index < -0.39 is 5.54 Å². The average molecular weight is 298 g/mol. The molecule has 1 fully saturated rings.